The predicted octanol–water partition coefficient (Wildman–Crippen LogP) is 0.00810. The fraction of sp³-hybridized carbons (Fsp3) is 0.533. The van der Waals surface area contributed by atoms with E-state index in [2.05, 4.69) is 5.32 Å². The van der Waals surface area contributed by atoms with Gasteiger partial charge in [-0.3, -0.25) is 0 Å². The number of anilines is 1. The standard InChI is InChI=1S/C15H23N3O2S/c1-17(13-3-5-14(19)6-4-13)15(21)16-7-2-8-18-9-11-20-12-10-18/h3-6,19H,2,7-12H2,1H3,(H,16,21)/p+1. The molecule has 21 heavy (non-hydrogen) atoms. The molecular weight excluding hydrogens is 286 g/mol. The van der Waals surface area contributed by atoms with E-state index in [1.54, 1.807) is 17.0 Å². The molecule has 0 atom stereocenters. The zero-order valence-corrected chi connectivity index (χ0v) is 13.3. The summed E-state index contributed by atoms with van der Waals surface area (Å²) in [5, 5.41) is 13.3. The molecule has 1 fully saturated rings. The van der Waals surface area contributed by atoms with Crippen LogP contribution >= 0.6 is 12.2 Å². The summed E-state index contributed by atoms with van der Waals surface area (Å²) in [5.74, 6) is 0.263. The summed E-state index contributed by atoms with van der Waals surface area (Å²) in [6.07, 6.45) is 1.10. The molecule has 1 aromatic carbocycles. The Bertz CT molecular complexity index is 447. The van der Waals surface area contributed by atoms with Crippen LogP contribution in [-0.2, 0) is 4.74 Å². The van der Waals surface area contributed by atoms with Crippen LogP contribution in [0.4, 0.5) is 5.69 Å². The fourth-order valence-corrected chi connectivity index (χ4v) is 2.56. The van der Waals surface area contributed by atoms with Crippen molar-refractivity contribution < 1.29 is 14.7 Å². The van der Waals surface area contributed by atoms with Gasteiger partial charge in [-0.25, -0.2) is 0 Å². The molecule has 1 aliphatic heterocycles. The van der Waals surface area contributed by atoms with E-state index in [0.29, 0.717) is 5.11 Å². The first-order valence-corrected chi connectivity index (χ1v) is 7.79. The minimum Gasteiger partial charge on any atom is -0.508 e. The van der Waals surface area contributed by atoms with Gasteiger partial charge in [-0.2, -0.15) is 0 Å². The zero-order chi connectivity index (χ0) is 15.1. The molecule has 2 rings (SSSR count). The average Bonchev–Trinajstić information content (AvgIpc) is 2.52. The quantitative estimate of drug-likeness (QED) is 0.528. The van der Waals surface area contributed by atoms with Crippen LogP contribution in [-0.4, -0.2) is 56.7 Å². The molecule has 0 bridgehead atoms. The van der Waals surface area contributed by atoms with Crippen molar-refractivity contribution in [1.82, 2.24) is 5.32 Å². The number of thiocarbonyl (C=S) groups is 1. The van der Waals surface area contributed by atoms with Gasteiger partial charge in [0.1, 0.15) is 18.8 Å². The summed E-state index contributed by atoms with van der Waals surface area (Å²) in [7, 11) is 1.93. The third-order valence-corrected chi connectivity index (χ3v) is 4.14. The summed E-state index contributed by atoms with van der Waals surface area (Å²) in [6.45, 7) is 6.01. The van der Waals surface area contributed by atoms with E-state index in [-0.39, 0.29) is 5.75 Å². The summed E-state index contributed by atoms with van der Waals surface area (Å²) in [4.78, 5) is 3.52. The smallest absolute Gasteiger partial charge is 0.173 e. The molecule has 1 heterocycles. The van der Waals surface area contributed by atoms with Crippen LogP contribution in [0, 0.1) is 0 Å². The summed E-state index contributed by atoms with van der Waals surface area (Å²) in [6, 6.07) is 7.02. The van der Waals surface area contributed by atoms with E-state index >= 15 is 0 Å². The van der Waals surface area contributed by atoms with Crippen molar-refractivity contribution in [2.75, 3.05) is 51.3 Å². The average molecular weight is 310 g/mol. The van der Waals surface area contributed by atoms with Crippen molar-refractivity contribution in [3.63, 3.8) is 0 Å². The number of nitrogens with one attached hydrogen (secondary N) is 2. The highest BCUT2D eigenvalue weighted by Crippen LogP contribution is 2.17. The van der Waals surface area contributed by atoms with Crippen molar-refractivity contribution >= 4 is 23.0 Å². The van der Waals surface area contributed by atoms with Gasteiger partial charge in [0.05, 0.1) is 19.8 Å². The Hall–Kier alpha value is -1.37. The van der Waals surface area contributed by atoms with E-state index < -0.39 is 0 Å². The van der Waals surface area contributed by atoms with Gasteiger partial charge in [0.25, 0.3) is 0 Å². The van der Waals surface area contributed by atoms with E-state index in [4.69, 9.17) is 17.0 Å². The molecule has 116 valence electrons. The van der Waals surface area contributed by atoms with Gasteiger partial charge < -0.3 is 25.0 Å². The molecule has 1 aromatic rings. The zero-order valence-electron chi connectivity index (χ0n) is 12.5. The number of nitrogens with zero attached hydrogens (tertiary/aromatic N) is 1. The molecule has 1 aliphatic rings. The Morgan fingerprint density at radius 3 is 2.67 bits per heavy atom. The highest BCUT2D eigenvalue weighted by molar-refractivity contribution is 7.80. The van der Waals surface area contributed by atoms with E-state index in [9.17, 15) is 5.11 Å². The number of benzene rings is 1. The number of rotatable bonds is 5. The monoisotopic (exact) mass is 310 g/mol. The third kappa shape index (κ3) is 5.15. The van der Waals surface area contributed by atoms with Crippen LogP contribution in [0.25, 0.3) is 0 Å². The second kappa shape index (κ2) is 8.17. The molecule has 5 nitrogen and oxygen atoms in total. The molecule has 0 saturated carbocycles. The summed E-state index contributed by atoms with van der Waals surface area (Å²) >= 11 is 5.39. The van der Waals surface area contributed by atoms with Gasteiger partial charge in [0.15, 0.2) is 5.11 Å². The van der Waals surface area contributed by atoms with Crippen LogP contribution in [0.15, 0.2) is 24.3 Å². The highest BCUT2D eigenvalue weighted by Gasteiger charge is 2.13. The van der Waals surface area contributed by atoms with Crippen molar-refractivity contribution in [3.8, 4) is 5.75 Å². The Labute approximate surface area is 131 Å². The molecule has 0 aliphatic carbocycles. The number of morpholine rings is 1. The van der Waals surface area contributed by atoms with Gasteiger partial charge in [0, 0.05) is 25.7 Å². The molecule has 0 spiro atoms. The van der Waals surface area contributed by atoms with Gasteiger partial charge in [-0.05, 0) is 36.5 Å². The molecule has 0 amide bonds. The first-order valence-electron chi connectivity index (χ1n) is 7.39. The molecule has 0 aromatic heterocycles. The number of hydrogen-bond donors (Lipinski definition) is 3. The Balaban J connectivity index is 1.67. The Morgan fingerprint density at radius 1 is 1.33 bits per heavy atom. The molecule has 6 heteroatoms. The fourth-order valence-electron chi connectivity index (χ4n) is 2.36. The van der Waals surface area contributed by atoms with E-state index in [1.165, 1.54) is 0 Å². The van der Waals surface area contributed by atoms with Gasteiger partial charge >= 0.3 is 0 Å². The minimum atomic E-state index is 0.263. The summed E-state index contributed by atoms with van der Waals surface area (Å²) < 4.78 is 5.35. The normalized spacial score (nSPS) is 15.7. The minimum absolute atomic E-state index is 0.263. The lowest BCUT2D eigenvalue weighted by Crippen LogP contribution is -3.14. The van der Waals surface area contributed by atoms with Gasteiger partial charge in [0.2, 0.25) is 0 Å². The van der Waals surface area contributed by atoms with Crippen LogP contribution in [0.5, 0.6) is 5.75 Å². The van der Waals surface area contributed by atoms with Crippen LogP contribution in [0.1, 0.15) is 6.42 Å². The first-order chi connectivity index (χ1) is 10.2. The predicted molar refractivity (Wildman–Crippen MR) is 88.1 cm³/mol. The van der Waals surface area contributed by atoms with Crippen molar-refractivity contribution in [2.24, 2.45) is 0 Å². The summed E-state index contributed by atoms with van der Waals surface area (Å²) in [5.41, 5.74) is 0.962. The lowest BCUT2D eigenvalue weighted by atomic mass is 10.3. The molecular formula is C15H24N3O2S+. The van der Waals surface area contributed by atoms with E-state index in [0.717, 1.165) is 51.5 Å². The molecule has 1 saturated heterocycles. The van der Waals surface area contributed by atoms with E-state index in [1.807, 2.05) is 24.1 Å². The van der Waals surface area contributed by atoms with Gasteiger partial charge in [-0.1, -0.05) is 0 Å². The SMILES string of the molecule is CN(C(=S)NCCC[NH+]1CCOCC1)c1ccc(O)cc1. The number of phenolic OH excluding ortho intramolecular Hbond substituents is 1. The van der Waals surface area contributed by atoms with Crippen molar-refractivity contribution in [2.45, 2.75) is 6.42 Å². The van der Waals surface area contributed by atoms with Crippen molar-refractivity contribution in [1.29, 1.82) is 0 Å². The second-order valence-corrected chi connectivity index (χ2v) is 5.66. The Kier molecular flexibility index (Phi) is 6.22. The number of quaternary nitrogens is 1. The maximum absolute atomic E-state index is 9.30. The van der Waals surface area contributed by atoms with Crippen LogP contribution in [0.2, 0.25) is 0 Å². The highest BCUT2D eigenvalue weighted by atomic mass is 32.1. The number of phenols is 1. The lowest BCUT2D eigenvalue weighted by Gasteiger charge is -2.24. The van der Waals surface area contributed by atoms with Crippen LogP contribution in [0.3, 0.4) is 0 Å². The molecule has 3 N–H and O–H groups in total. The lowest BCUT2D eigenvalue weighted by molar-refractivity contribution is -0.908. The molecule has 0 radical (unpaired) electrons. The molecule has 0 unspecified atom stereocenters. The van der Waals surface area contributed by atoms with Crippen molar-refractivity contribution in [3.05, 3.63) is 24.3 Å². The number of aromatic hydroxyl groups is 1. The largest absolute Gasteiger partial charge is 0.508 e. The Morgan fingerprint density at radius 2 is 2.00 bits per heavy atom. The maximum Gasteiger partial charge on any atom is 0.173 e. The van der Waals surface area contributed by atoms with Gasteiger partial charge in [-0.15, -0.1) is 0 Å². The number of ether oxygens (including phenoxy) is 1. The third-order valence-electron chi connectivity index (χ3n) is 3.72. The van der Waals surface area contributed by atoms with Crippen LogP contribution < -0.4 is 15.1 Å². The topological polar surface area (TPSA) is 49.2 Å². The second-order valence-electron chi connectivity index (χ2n) is 5.27. The number of hydrogen-bond acceptors (Lipinski definition) is 3. The first kappa shape index (κ1) is 16.0. The maximum atomic E-state index is 9.30.